The Labute approximate surface area is 161 Å². The molecule has 0 fully saturated rings. The van der Waals surface area contributed by atoms with Crippen molar-refractivity contribution in [2.45, 2.75) is 13.0 Å². The van der Waals surface area contributed by atoms with Crippen LogP contribution in [0.3, 0.4) is 0 Å². The van der Waals surface area contributed by atoms with E-state index in [4.69, 9.17) is 9.72 Å². The van der Waals surface area contributed by atoms with E-state index in [0.717, 1.165) is 40.0 Å². The number of benzene rings is 3. The fourth-order valence-electron chi connectivity index (χ4n) is 3.18. The third-order valence-electron chi connectivity index (χ3n) is 4.48. The third kappa shape index (κ3) is 3.51. The highest BCUT2D eigenvalue weighted by Crippen LogP contribution is 2.22. The number of hydrogen-bond donors (Lipinski definition) is 0. The van der Waals surface area contributed by atoms with Crippen molar-refractivity contribution < 1.29 is 4.74 Å². The summed E-state index contributed by atoms with van der Waals surface area (Å²) < 4.78 is 8.66. The van der Waals surface area contributed by atoms with Gasteiger partial charge in [0.05, 0.1) is 18.1 Å². The van der Waals surface area contributed by atoms with Crippen LogP contribution in [0.15, 0.2) is 77.3 Å². The first-order valence-electron chi connectivity index (χ1n) is 8.54. The zero-order valence-electron chi connectivity index (χ0n) is 14.5. The van der Waals surface area contributed by atoms with Crippen LogP contribution >= 0.6 is 15.9 Å². The fraction of sp³-hybridized carbons (Fsp3) is 0.136. The molecule has 1 aromatic heterocycles. The molecule has 0 unspecified atom stereocenters. The van der Waals surface area contributed by atoms with Crippen LogP contribution < -0.4 is 4.74 Å². The van der Waals surface area contributed by atoms with Gasteiger partial charge in [0.1, 0.15) is 11.6 Å². The summed E-state index contributed by atoms with van der Waals surface area (Å²) in [5, 5.41) is 0. The van der Waals surface area contributed by atoms with Crippen LogP contribution in [0.2, 0.25) is 0 Å². The zero-order valence-corrected chi connectivity index (χ0v) is 16.1. The first-order chi connectivity index (χ1) is 12.7. The first kappa shape index (κ1) is 16.9. The highest BCUT2D eigenvalue weighted by Gasteiger charge is 2.12. The molecule has 0 N–H and O–H groups in total. The van der Waals surface area contributed by atoms with Crippen LogP contribution in [0.5, 0.6) is 5.75 Å². The van der Waals surface area contributed by atoms with Crippen molar-refractivity contribution in [3.8, 4) is 5.75 Å². The lowest BCUT2D eigenvalue weighted by atomic mass is 10.1. The van der Waals surface area contributed by atoms with Gasteiger partial charge in [0.15, 0.2) is 0 Å². The highest BCUT2D eigenvalue weighted by molar-refractivity contribution is 9.10. The molecule has 130 valence electrons. The summed E-state index contributed by atoms with van der Waals surface area (Å²) in [4.78, 5) is 4.89. The van der Waals surface area contributed by atoms with Crippen molar-refractivity contribution in [3.63, 3.8) is 0 Å². The molecular formula is C22H19BrN2O. The lowest BCUT2D eigenvalue weighted by molar-refractivity contribution is 0.414. The number of rotatable bonds is 5. The van der Waals surface area contributed by atoms with Crippen molar-refractivity contribution >= 4 is 27.0 Å². The summed E-state index contributed by atoms with van der Waals surface area (Å²) in [7, 11) is 1.69. The van der Waals surface area contributed by atoms with Gasteiger partial charge < -0.3 is 9.30 Å². The van der Waals surface area contributed by atoms with Gasteiger partial charge in [-0.2, -0.15) is 0 Å². The smallest absolute Gasteiger partial charge is 0.118 e. The van der Waals surface area contributed by atoms with Gasteiger partial charge in [-0.3, -0.25) is 0 Å². The number of fused-ring (bicyclic) bond motifs is 1. The summed E-state index contributed by atoms with van der Waals surface area (Å²) in [6, 6.07) is 24.9. The van der Waals surface area contributed by atoms with E-state index in [9.17, 15) is 0 Å². The minimum absolute atomic E-state index is 0.784. The van der Waals surface area contributed by atoms with Gasteiger partial charge >= 0.3 is 0 Å². The maximum absolute atomic E-state index is 5.26. The van der Waals surface area contributed by atoms with E-state index in [0.29, 0.717) is 0 Å². The number of imidazole rings is 1. The van der Waals surface area contributed by atoms with Crippen LogP contribution in [0, 0.1) is 0 Å². The summed E-state index contributed by atoms with van der Waals surface area (Å²) in [5.74, 6) is 1.94. The molecule has 0 amide bonds. The average molecular weight is 407 g/mol. The number of ether oxygens (including phenoxy) is 1. The number of hydrogen-bond acceptors (Lipinski definition) is 2. The first-order valence-corrected chi connectivity index (χ1v) is 9.34. The lowest BCUT2D eigenvalue weighted by Crippen LogP contribution is -2.06. The maximum Gasteiger partial charge on any atom is 0.118 e. The molecule has 4 rings (SSSR count). The van der Waals surface area contributed by atoms with E-state index in [1.54, 1.807) is 7.11 Å². The molecule has 1 heterocycles. The second-order valence-corrected chi connectivity index (χ2v) is 7.17. The molecule has 0 aliphatic rings. The second-order valence-electron chi connectivity index (χ2n) is 6.26. The van der Waals surface area contributed by atoms with E-state index in [2.05, 4.69) is 69.0 Å². The number of nitrogens with zero attached hydrogens (tertiary/aromatic N) is 2. The minimum Gasteiger partial charge on any atom is -0.497 e. The fourth-order valence-corrected chi connectivity index (χ4v) is 3.63. The van der Waals surface area contributed by atoms with Gasteiger partial charge in [-0.25, -0.2) is 4.98 Å². The van der Waals surface area contributed by atoms with Crippen LogP contribution in [-0.4, -0.2) is 16.7 Å². The van der Waals surface area contributed by atoms with E-state index < -0.39 is 0 Å². The van der Waals surface area contributed by atoms with Crippen molar-refractivity contribution in [3.05, 3.63) is 94.2 Å². The molecule has 0 aliphatic heterocycles. The van der Waals surface area contributed by atoms with Gasteiger partial charge in [-0.15, -0.1) is 0 Å². The standard InChI is InChI=1S/C22H19BrN2O/c1-26-19-11-9-16(10-12-19)14-22-24-20-7-2-3-8-21(20)25(22)15-17-5-4-6-18(23)13-17/h2-13H,14-15H2,1H3. The van der Waals surface area contributed by atoms with E-state index in [1.165, 1.54) is 11.1 Å². The van der Waals surface area contributed by atoms with E-state index >= 15 is 0 Å². The highest BCUT2D eigenvalue weighted by atomic mass is 79.9. The van der Waals surface area contributed by atoms with Crippen LogP contribution in [0.25, 0.3) is 11.0 Å². The SMILES string of the molecule is COc1ccc(Cc2nc3ccccc3n2Cc2cccc(Br)c2)cc1. The Morgan fingerprint density at radius 3 is 2.50 bits per heavy atom. The van der Waals surface area contributed by atoms with Crippen LogP contribution in [0.1, 0.15) is 17.0 Å². The monoisotopic (exact) mass is 406 g/mol. The Bertz CT molecular complexity index is 1040. The van der Waals surface area contributed by atoms with Crippen molar-refractivity contribution in [1.29, 1.82) is 0 Å². The Balaban J connectivity index is 1.73. The Hall–Kier alpha value is -2.59. The molecule has 0 spiro atoms. The molecular weight excluding hydrogens is 388 g/mol. The summed E-state index contributed by atoms with van der Waals surface area (Å²) in [5.41, 5.74) is 4.66. The van der Waals surface area contributed by atoms with Gasteiger partial charge in [0.2, 0.25) is 0 Å². The van der Waals surface area contributed by atoms with Gasteiger partial charge in [0, 0.05) is 17.4 Å². The van der Waals surface area contributed by atoms with Gasteiger partial charge in [-0.1, -0.05) is 52.3 Å². The third-order valence-corrected chi connectivity index (χ3v) is 4.98. The Morgan fingerprint density at radius 1 is 0.923 bits per heavy atom. The predicted molar refractivity (Wildman–Crippen MR) is 109 cm³/mol. The van der Waals surface area contributed by atoms with Gasteiger partial charge in [-0.05, 0) is 47.5 Å². The molecule has 0 atom stereocenters. The van der Waals surface area contributed by atoms with E-state index in [-0.39, 0.29) is 0 Å². The molecule has 0 saturated heterocycles. The second kappa shape index (κ2) is 7.34. The predicted octanol–water partition coefficient (Wildman–Crippen LogP) is 5.45. The number of aromatic nitrogens is 2. The van der Waals surface area contributed by atoms with E-state index in [1.807, 2.05) is 24.3 Å². The molecule has 4 heteroatoms. The molecule has 0 saturated carbocycles. The maximum atomic E-state index is 5.26. The molecule has 4 aromatic rings. The van der Waals surface area contributed by atoms with Crippen molar-refractivity contribution in [2.75, 3.05) is 7.11 Å². The van der Waals surface area contributed by atoms with Crippen molar-refractivity contribution in [1.82, 2.24) is 9.55 Å². The minimum atomic E-state index is 0.784. The van der Waals surface area contributed by atoms with Crippen LogP contribution in [0.4, 0.5) is 0 Å². The zero-order chi connectivity index (χ0) is 17.9. The number of methoxy groups -OCH3 is 1. The Kier molecular flexibility index (Phi) is 4.76. The number of para-hydroxylation sites is 2. The normalized spacial score (nSPS) is 11.0. The summed E-state index contributed by atoms with van der Waals surface area (Å²) in [6.07, 6.45) is 0.784. The Morgan fingerprint density at radius 2 is 1.73 bits per heavy atom. The van der Waals surface area contributed by atoms with Crippen LogP contribution in [-0.2, 0) is 13.0 Å². The molecule has 3 nitrogen and oxygen atoms in total. The molecule has 0 bridgehead atoms. The largest absolute Gasteiger partial charge is 0.497 e. The lowest BCUT2D eigenvalue weighted by Gasteiger charge is -2.10. The number of halogens is 1. The average Bonchev–Trinajstić information content (AvgIpc) is 3.00. The molecule has 3 aromatic carbocycles. The van der Waals surface area contributed by atoms with Gasteiger partial charge in [0.25, 0.3) is 0 Å². The quantitative estimate of drug-likeness (QED) is 0.440. The topological polar surface area (TPSA) is 27.1 Å². The van der Waals surface area contributed by atoms with Crippen molar-refractivity contribution in [2.24, 2.45) is 0 Å². The summed E-state index contributed by atoms with van der Waals surface area (Å²) in [6.45, 7) is 0.797. The molecule has 0 aliphatic carbocycles. The molecule has 26 heavy (non-hydrogen) atoms. The summed E-state index contributed by atoms with van der Waals surface area (Å²) >= 11 is 3.57. The molecule has 0 radical (unpaired) electrons.